The monoisotopic (exact) mass is 370 g/mol. The van der Waals surface area contributed by atoms with Gasteiger partial charge in [-0.3, -0.25) is 0 Å². The number of aryl methyl sites for hydroxylation is 4. The molecule has 0 spiro atoms. The Balaban J connectivity index is 1.76. The highest BCUT2D eigenvalue weighted by Gasteiger charge is 2.28. The van der Waals surface area contributed by atoms with Crippen molar-refractivity contribution in [2.75, 3.05) is 29.4 Å². The van der Waals surface area contributed by atoms with Gasteiger partial charge in [-0.1, -0.05) is 27.7 Å². The summed E-state index contributed by atoms with van der Waals surface area (Å²) in [5, 5.41) is 17.5. The van der Waals surface area contributed by atoms with Crippen LogP contribution in [0, 0.1) is 0 Å². The first-order valence-electron chi connectivity index (χ1n) is 10.1. The molecule has 3 rings (SSSR count). The Hall–Kier alpha value is -2.38. The summed E-state index contributed by atoms with van der Waals surface area (Å²) in [4.78, 5) is 14.0. The highest BCUT2D eigenvalue weighted by atomic mass is 15.4. The zero-order chi connectivity index (χ0) is 19.4. The van der Waals surface area contributed by atoms with E-state index in [1.54, 1.807) is 0 Å². The highest BCUT2D eigenvalue weighted by molar-refractivity contribution is 5.39. The minimum Gasteiger partial charge on any atom is -0.336 e. The molecule has 1 atom stereocenters. The second-order valence-corrected chi connectivity index (χ2v) is 6.91. The fourth-order valence-corrected chi connectivity index (χ4v) is 3.55. The van der Waals surface area contributed by atoms with Crippen molar-refractivity contribution in [2.45, 2.75) is 66.3 Å². The predicted molar refractivity (Wildman–Crippen MR) is 106 cm³/mol. The Morgan fingerprint density at radius 2 is 1.22 bits per heavy atom. The van der Waals surface area contributed by atoms with Crippen molar-refractivity contribution in [1.29, 1.82) is 0 Å². The van der Waals surface area contributed by atoms with Crippen LogP contribution in [0.25, 0.3) is 0 Å². The highest BCUT2D eigenvalue weighted by Crippen LogP contribution is 2.20. The summed E-state index contributed by atoms with van der Waals surface area (Å²) in [5.74, 6) is 1.45. The number of piperazine rings is 1. The van der Waals surface area contributed by atoms with E-state index in [2.05, 4.69) is 64.8 Å². The quantitative estimate of drug-likeness (QED) is 0.764. The van der Waals surface area contributed by atoms with Crippen LogP contribution in [-0.4, -0.2) is 56.0 Å². The average molecular weight is 371 g/mol. The van der Waals surface area contributed by atoms with Crippen molar-refractivity contribution in [1.82, 2.24) is 30.4 Å². The largest absolute Gasteiger partial charge is 0.336 e. The van der Waals surface area contributed by atoms with Crippen LogP contribution in [-0.2, 0) is 25.7 Å². The number of hydrogen-bond acceptors (Lipinski definition) is 8. The van der Waals surface area contributed by atoms with E-state index in [4.69, 9.17) is 9.97 Å². The summed E-state index contributed by atoms with van der Waals surface area (Å²) in [6.45, 7) is 13.0. The summed E-state index contributed by atoms with van der Waals surface area (Å²) in [6, 6.07) is 0.247. The molecule has 8 nitrogen and oxygen atoms in total. The molecule has 2 aromatic rings. The van der Waals surface area contributed by atoms with Crippen LogP contribution < -0.4 is 9.80 Å². The van der Waals surface area contributed by atoms with Crippen molar-refractivity contribution in [3.8, 4) is 0 Å². The minimum atomic E-state index is 0.247. The van der Waals surface area contributed by atoms with E-state index in [0.717, 1.165) is 80.0 Å². The van der Waals surface area contributed by atoms with Crippen LogP contribution in [0.5, 0.6) is 0 Å². The normalized spacial score (nSPS) is 17.4. The molecule has 0 radical (unpaired) electrons. The minimum absolute atomic E-state index is 0.247. The first-order chi connectivity index (χ1) is 13.1. The molecule has 0 N–H and O–H groups in total. The van der Waals surface area contributed by atoms with Gasteiger partial charge in [0.1, 0.15) is 0 Å². The predicted octanol–water partition coefficient (Wildman–Crippen LogP) is 2.02. The van der Waals surface area contributed by atoms with Gasteiger partial charge in [0, 0.05) is 25.7 Å². The SMILES string of the molecule is CCc1nnc(N2CCN(c3nnc(CC)c(CC)n3)[C@@H](C)C2)nc1CC. The first kappa shape index (κ1) is 19.4. The molecule has 0 aromatic carbocycles. The third kappa shape index (κ3) is 3.99. The van der Waals surface area contributed by atoms with Gasteiger partial charge in [0.2, 0.25) is 11.9 Å². The molecule has 8 heteroatoms. The van der Waals surface area contributed by atoms with Gasteiger partial charge in [-0.25, -0.2) is 9.97 Å². The van der Waals surface area contributed by atoms with Gasteiger partial charge in [-0.05, 0) is 32.6 Å². The molecule has 0 bridgehead atoms. The molecule has 1 fully saturated rings. The van der Waals surface area contributed by atoms with Crippen LogP contribution in [0.4, 0.5) is 11.9 Å². The van der Waals surface area contributed by atoms with Gasteiger partial charge in [-0.2, -0.15) is 10.2 Å². The molecule has 1 saturated heterocycles. The smallest absolute Gasteiger partial charge is 0.245 e. The summed E-state index contributed by atoms with van der Waals surface area (Å²) < 4.78 is 0. The fourth-order valence-electron chi connectivity index (χ4n) is 3.55. The maximum Gasteiger partial charge on any atom is 0.245 e. The molecule has 2 aromatic heterocycles. The molecule has 0 amide bonds. The van der Waals surface area contributed by atoms with E-state index < -0.39 is 0 Å². The third-order valence-corrected chi connectivity index (χ3v) is 5.16. The van der Waals surface area contributed by atoms with E-state index in [0.29, 0.717) is 0 Å². The zero-order valence-corrected chi connectivity index (χ0v) is 17.1. The molecule has 0 unspecified atom stereocenters. The summed E-state index contributed by atoms with van der Waals surface area (Å²) in [6.07, 6.45) is 3.49. The van der Waals surface area contributed by atoms with Crippen molar-refractivity contribution in [3.63, 3.8) is 0 Å². The second-order valence-electron chi connectivity index (χ2n) is 6.91. The van der Waals surface area contributed by atoms with Crippen molar-refractivity contribution < 1.29 is 0 Å². The Kier molecular flexibility index (Phi) is 6.13. The number of nitrogens with zero attached hydrogens (tertiary/aromatic N) is 8. The van der Waals surface area contributed by atoms with Crippen molar-refractivity contribution >= 4 is 11.9 Å². The topological polar surface area (TPSA) is 83.8 Å². The van der Waals surface area contributed by atoms with Crippen molar-refractivity contribution in [2.24, 2.45) is 0 Å². The van der Waals surface area contributed by atoms with Gasteiger partial charge < -0.3 is 9.80 Å². The lowest BCUT2D eigenvalue weighted by Gasteiger charge is -2.39. The molecular weight excluding hydrogens is 340 g/mol. The fraction of sp³-hybridized carbons (Fsp3) is 0.684. The molecule has 1 aliphatic heterocycles. The van der Waals surface area contributed by atoms with E-state index in [1.165, 1.54) is 0 Å². The van der Waals surface area contributed by atoms with Crippen LogP contribution in [0.15, 0.2) is 0 Å². The maximum atomic E-state index is 4.77. The molecular formula is C19H30N8. The molecule has 3 heterocycles. The molecule has 27 heavy (non-hydrogen) atoms. The van der Waals surface area contributed by atoms with E-state index >= 15 is 0 Å². The van der Waals surface area contributed by atoms with Gasteiger partial charge in [0.15, 0.2) is 0 Å². The third-order valence-electron chi connectivity index (χ3n) is 5.16. The Morgan fingerprint density at radius 3 is 1.74 bits per heavy atom. The summed E-state index contributed by atoms with van der Waals surface area (Å²) >= 11 is 0. The van der Waals surface area contributed by atoms with Crippen LogP contribution in [0.2, 0.25) is 0 Å². The second kappa shape index (κ2) is 8.54. The zero-order valence-electron chi connectivity index (χ0n) is 17.1. The van der Waals surface area contributed by atoms with Crippen LogP contribution in [0.1, 0.15) is 57.4 Å². The standard InChI is InChI=1S/C19H30N8/c1-6-14-16(8-3)22-24-18(20-14)26-10-11-27(13(5)12-26)19-21-15(7-2)17(9-4)23-25-19/h13H,6-12H2,1-5H3/t13-/m0/s1. The van der Waals surface area contributed by atoms with E-state index in [1.807, 2.05) is 0 Å². The summed E-state index contributed by atoms with van der Waals surface area (Å²) in [7, 11) is 0. The van der Waals surface area contributed by atoms with Gasteiger partial charge in [0.25, 0.3) is 0 Å². The van der Waals surface area contributed by atoms with E-state index in [-0.39, 0.29) is 6.04 Å². The molecule has 0 aliphatic carbocycles. The molecule has 146 valence electrons. The number of hydrogen-bond donors (Lipinski definition) is 0. The lowest BCUT2D eigenvalue weighted by molar-refractivity contribution is 0.525. The number of aromatic nitrogens is 6. The van der Waals surface area contributed by atoms with Gasteiger partial charge in [-0.15, -0.1) is 10.2 Å². The number of anilines is 2. The molecule has 1 aliphatic rings. The maximum absolute atomic E-state index is 4.77. The van der Waals surface area contributed by atoms with Gasteiger partial charge in [0.05, 0.1) is 22.8 Å². The van der Waals surface area contributed by atoms with Gasteiger partial charge >= 0.3 is 0 Å². The van der Waals surface area contributed by atoms with Crippen LogP contribution in [0.3, 0.4) is 0 Å². The Labute approximate surface area is 161 Å². The van der Waals surface area contributed by atoms with Crippen molar-refractivity contribution in [3.05, 3.63) is 22.8 Å². The average Bonchev–Trinajstić information content (AvgIpc) is 2.72. The van der Waals surface area contributed by atoms with E-state index in [9.17, 15) is 0 Å². The lowest BCUT2D eigenvalue weighted by Crippen LogP contribution is -2.53. The summed E-state index contributed by atoms with van der Waals surface area (Å²) in [5.41, 5.74) is 4.09. The Bertz CT molecular complexity index is 778. The number of rotatable bonds is 6. The lowest BCUT2D eigenvalue weighted by atomic mass is 10.2. The molecule has 0 saturated carbocycles. The Morgan fingerprint density at radius 1 is 0.704 bits per heavy atom. The van der Waals surface area contributed by atoms with Crippen LogP contribution >= 0.6 is 0 Å². The first-order valence-corrected chi connectivity index (χ1v) is 10.1.